The van der Waals surface area contributed by atoms with Crippen LogP contribution in [0.5, 0.6) is 0 Å². The van der Waals surface area contributed by atoms with Crippen molar-refractivity contribution in [1.82, 2.24) is 5.32 Å². The minimum atomic E-state index is 0. The summed E-state index contributed by atoms with van der Waals surface area (Å²) in [7, 11) is 0. The zero-order valence-corrected chi connectivity index (χ0v) is 9.36. The van der Waals surface area contributed by atoms with E-state index < -0.39 is 0 Å². The number of rotatable bonds is 1. The molecule has 2 unspecified atom stereocenters. The average Bonchev–Trinajstić information content (AvgIpc) is 2.29. The minimum absolute atomic E-state index is 0. The van der Waals surface area contributed by atoms with Gasteiger partial charge in [0.25, 0.3) is 0 Å². The summed E-state index contributed by atoms with van der Waals surface area (Å²) in [6, 6.07) is 1.63. The first-order valence-electron chi connectivity index (χ1n) is 5.19. The van der Waals surface area contributed by atoms with E-state index in [0.29, 0.717) is 0 Å². The zero-order chi connectivity index (χ0) is 8.55. The SMILES string of the molecule is CC(C)C=C1CC2CCC(C1)N2.Cl. The molecule has 2 bridgehead atoms. The van der Waals surface area contributed by atoms with Crippen molar-refractivity contribution in [3.05, 3.63) is 11.6 Å². The molecule has 2 fully saturated rings. The number of allylic oxidation sites excluding steroid dienone is 1. The van der Waals surface area contributed by atoms with Gasteiger partial charge in [0.1, 0.15) is 0 Å². The van der Waals surface area contributed by atoms with Crippen molar-refractivity contribution in [2.45, 2.75) is 51.6 Å². The monoisotopic (exact) mass is 201 g/mol. The Morgan fingerprint density at radius 3 is 2.23 bits per heavy atom. The Kier molecular flexibility index (Phi) is 3.81. The normalized spacial score (nSPS) is 31.8. The first-order chi connectivity index (χ1) is 5.74. The summed E-state index contributed by atoms with van der Waals surface area (Å²) < 4.78 is 0. The van der Waals surface area contributed by atoms with Crippen molar-refractivity contribution in [2.24, 2.45) is 5.92 Å². The molecule has 0 amide bonds. The number of nitrogens with one attached hydrogen (secondary N) is 1. The topological polar surface area (TPSA) is 12.0 Å². The standard InChI is InChI=1S/C11H19N.ClH/c1-8(2)5-9-6-10-3-4-11(7-9)12-10;/h5,8,10-12H,3-4,6-7H2,1-2H3;1H. The fourth-order valence-corrected chi connectivity index (χ4v) is 2.55. The highest BCUT2D eigenvalue weighted by Gasteiger charge is 2.29. The molecule has 0 aromatic heterocycles. The van der Waals surface area contributed by atoms with Crippen LogP contribution < -0.4 is 5.32 Å². The van der Waals surface area contributed by atoms with E-state index in [1.165, 1.54) is 25.7 Å². The Bertz CT molecular complexity index is 184. The predicted molar refractivity (Wildman–Crippen MR) is 59.3 cm³/mol. The van der Waals surface area contributed by atoms with Crippen molar-refractivity contribution >= 4 is 12.4 Å². The molecule has 2 rings (SSSR count). The lowest BCUT2D eigenvalue weighted by atomic mass is 9.96. The maximum atomic E-state index is 3.65. The molecule has 0 aromatic rings. The van der Waals surface area contributed by atoms with Crippen LogP contribution in [0.2, 0.25) is 0 Å². The third-order valence-electron chi connectivity index (χ3n) is 2.92. The number of fused-ring (bicyclic) bond motifs is 2. The van der Waals surface area contributed by atoms with Crippen LogP contribution >= 0.6 is 12.4 Å². The summed E-state index contributed by atoms with van der Waals surface area (Å²) in [5.41, 5.74) is 1.70. The van der Waals surface area contributed by atoms with E-state index in [1.54, 1.807) is 5.57 Å². The molecule has 2 heteroatoms. The second kappa shape index (κ2) is 4.47. The van der Waals surface area contributed by atoms with Gasteiger partial charge in [-0.15, -0.1) is 12.4 Å². The second-order valence-electron chi connectivity index (χ2n) is 4.62. The van der Waals surface area contributed by atoms with Gasteiger partial charge in [0.05, 0.1) is 0 Å². The van der Waals surface area contributed by atoms with Gasteiger partial charge >= 0.3 is 0 Å². The van der Waals surface area contributed by atoms with Gasteiger partial charge in [0, 0.05) is 12.1 Å². The molecule has 2 aliphatic heterocycles. The van der Waals surface area contributed by atoms with E-state index in [0.717, 1.165) is 18.0 Å². The Labute approximate surface area is 87.4 Å². The van der Waals surface area contributed by atoms with E-state index in [1.807, 2.05) is 0 Å². The summed E-state index contributed by atoms with van der Waals surface area (Å²) in [4.78, 5) is 0. The lowest BCUT2D eigenvalue weighted by Crippen LogP contribution is -2.34. The van der Waals surface area contributed by atoms with Crippen molar-refractivity contribution in [2.75, 3.05) is 0 Å². The van der Waals surface area contributed by atoms with Gasteiger partial charge in [0.15, 0.2) is 0 Å². The smallest absolute Gasteiger partial charge is 0.0107 e. The fourth-order valence-electron chi connectivity index (χ4n) is 2.55. The van der Waals surface area contributed by atoms with Gasteiger partial charge in [-0.3, -0.25) is 0 Å². The molecule has 0 aromatic carbocycles. The predicted octanol–water partition coefficient (Wildman–Crippen LogP) is 2.91. The van der Waals surface area contributed by atoms with E-state index >= 15 is 0 Å². The molecule has 76 valence electrons. The van der Waals surface area contributed by atoms with E-state index in [-0.39, 0.29) is 12.4 Å². The Morgan fingerprint density at radius 1 is 1.23 bits per heavy atom. The molecule has 0 aliphatic carbocycles. The van der Waals surface area contributed by atoms with E-state index in [2.05, 4.69) is 25.2 Å². The van der Waals surface area contributed by atoms with Crippen LogP contribution in [0.25, 0.3) is 0 Å². The van der Waals surface area contributed by atoms with E-state index in [4.69, 9.17) is 0 Å². The van der Waals surface area contributed by atoms with Crippen molar-refractivity contribution < 1.29 is 0 Å². The molecule has 2 atom stereocenters. The molecule has 2 heterocycles. The zero-order valence-electron chi connectivity index (χ0n) is 8.55. The minimum Gasteiger partial charge on any atom is -0.311 e. The Morgan fingerprint density at radius 2 is 1.77 bits per heavy atom. The second-order valence-corrected chi connectivity index (χ2v) is 4.62. The molecule has 2 saturated heterocycles. The molecule has 1 nitrogen and oxygen atoms in total. The lowest BCUT2D eigenvalue weighted by Gasteiger charge is -2.24. The summed E-state index contributed by atoms with van der Waals surface area (Å²) in [6.45, 7) is 4.55. The van der Waals surface area contributed by atoms with Gasteiger partial charge < -0.3 is 5.32 Å². The van der Waals surface area contributed by atoms with Crippen LogP contribution in [-0.2, 0) is 0 Å². The van der Waals surface area contributed by atoms with Crippen LogP contribution in [0.4, 0.5) is 0 Å². The molecule has 0 radical (unpaired) electrons. The quantitative estimate of drug-likeness (QED) is 0.644. The number of halogens is 1. The maximum absolute atomic E-state index is 3.65. The number of hydrogen-bond donors (Lipinski definition) is 1. The third kappa shape index (κ3) is 2.72. The van der Waals surface area contributed by atoms with Crippen LogP contribution in [0.1, 0.15) is 39.5 Å². The third-order valence-corrected chi connectivity index (χ3v) is 2.92. The molecular weight excluding hydrogens is 182 g/mol. The molecule has 0 spiro atoms. The van der Waals surface area contributed by atoms with E-state index in [9.17, 15) is 0 Å². The Balaban J connectivity index is 0.000000845. The molecule has 13 heavy (non-hydrogen) atoms. The van der Waals surface area contributed by atoms with Crippen LogP contribution in [0, 0.1) is 5.92 Å². The maximum Gasteiger partial charge on any atom is 0.0107 e. The van der Waals surface area contributed by atoms with Gasteiger partial charge in [-0.2, -0.15) is 0 Å². The molecule has 1 N–H and O–H groups in total. The van der Waals surface area contributed by atoms with Crippen molar-refractivity contribution in [1.29, 1.82) is 0 Å². The van der Waals surface area contributed by atoms with Gasteiger partial charge in [-0.25, -0.2) is 0 Å². The summed E-state index contributed by atoms with van der Waals surface area (Å²) in [5, 5.41) is 3.65. The van der Waals surface area contributed by atoms with Crippen LogP contribution in [-0.4, -0.2) is 12.1 Å². The summed E-state index contributed by atoms with van der Waals surface area (Å²) >= 11 is 0. The summed E-state index contributed by atoms with van der Waals surface area (Å²) in [6.07, 6.45) is 7.90. The number of piperidine rings is 1. The number of hydrogen-bond acceptors (Lipinski definition) is 1. The van der Waals surface area contributed by atoms with Crippen LogP contribution in [0.3, 0.4) is 0 Å². The van der Waals surface area contributed by atoms with Crippen molar-refractivity contribution in [3.63, 3.8) is 0 Å². The largest absolute Gasteiger partial charge is 0.311 e. The van der Waals surface area contributed by atoms with Gasteiger partial charge in [-0.05, 0) is 31.6 Å². The van der Waals surface area contributed by atoms with Gasteiger partial charge in [-0.1, -0.05) is 25.5 Å². The molecule has 2 aliphatic rings. The van der Waals surface area contributed by atoms with Crippen LogP contribution in [0.15, 0.2) is 11.6 Å². The van der Waals surface area contributed by atoms with Gasteiger partial charge in [0.2, 0.25) is 0 Å². The highest BCUT2D eigenvalue weighted by atomic mass is 35.5. The lowest BCUT2D eigenvalue weighted by molar-refractivity contribution is 0.471. The summed E-state index contributed by atoms with van der Waals surface area (Å²) in [5.74, 6) is 0.734. The molecule has 0 saturated carbocycles. The first-order valence-corrected chi connectivity index (χ1v) is 5.19. The van der Waals surface area contributed by atoms with Crippen molar-refractivity contribution in [3.8, 4) is 0 Å². The Hall–Kier alpha value is -0.0100. The highest BCUT2D eigenvalue weighted by Crippen LogP contribution is 2.30. The average molecular weight is 202 g/mol. The fraction of sp³-hybridized carbons (Fsp3) is 0.818. The first kappa shape index (κ1) is 11.1. The molecular formula is C11H20ClN. The highest BCUT2D eigenvalue weighted by molar-refractivity contribution is 5.85.